The van der Waals surface area contributed by atoms with Crippen LogP contribution in [0.3, 0.4) is 0 Å². The van der Waals surface area contributed by atoms with Gasteiger partial charge in [-0.25, -0.2) is 4.98 Å². The van der Waals surface area contributed by atoms with Crippen molar-refractivity contribution >= 4 is 65.3 Å². The van der Waals surface area contributed by atoms with Crippen molar-refractivity contribution < 1.29 is 4.42 Å². The van der Waals surface area contributed by atoms with E-state index >= 15 is 0 Å². The molecule has 0 N–H and O–H groups in total. The lowest BCUT2D eigenvalue weighted by Gasteiger charge is -2.18. The highest BCUT2D eigenvalue weighted by Gasteiger charge is 2.19. The van der Waals surface area contributed by atoms with E-state index in [0.717, 1.165) is 55.4 Å². The Bertz CT molecular complexity index is 3110. The van der Waals surface area contributed by atoms with Crippen LogP contribution < -0.4 is 0 Å². The van der Waals surface area contributed by atoms with Gasteiger partial charge in [0.15, 0.2) is 0 Å². The fourth-order valence-corrected chi connectivity index (χ4v) is 8.26. The summed E-state index contributed by atoms with van der Waals surface area (Å²) in [6.45, 7) is 0. The molecule has 0 bridgehead atoms. The molecule has 0 aliphatic carbocycles. The Morgan fingerprint density at radius 1 is 0.404 bits per heavy atom. The maximum atomic E-state index is 6.50. The predicted octanol–water partition coefficient (Wildman–Crippen LogP) is 13.4. The van der Waals surface area contributed by atoms with Gasteiger partial charge in [0.2, 0.25) is 0 Å². The molecule has 3 nitrogen and oxygen atoms in total. The summed E-state index contributed by atoms with van der Waals surface area (Å²) in [6, 6.07) is 65.0. The van der Waals surface area contributed by atoms with Gasteiger partial charge in [0, 0.05) is 27.4 Å². The summed E-state index contributed by atoms with van der Waals surface area (Å²) in [6.07, 6.45) is 0. The van der Waals surface area contributed by atoms with E-state index in [1.54, 1.807) is 0 Å². The average Bonchev–Trinajstić information content (AvgIpc) is 3.79. The summed E-state index contributed by atoms with van der Waals surface area (Å²) in [5.74, 6) is 0.936. The minimum absolute atomic E-state index is 0.904. The summed E-state index contributed by atoms with van der Waals surface area (Å²) in [4.78, 5) is 5.06. The first kappa shape index (κ1) is 28.8. The molecule has 9 aromatic carbocycles. The van der Waals surface area contributed by atoms with Gasteiger partial charge >= 0.3 is 0 Å². The van der Waals surface area contributed by atoms with Crippen molar-refractivity contribution in [1.29, 1.82) is 0 Å². The Hall–Kier alpha value is -6.97. The van der Waals surface area contributed by atoms with Crippen LogP contribution in [0.5, 0.6) is 0 Å². The summed E-state index contributed by atoms with van der Waals surface area (Å²) in [5.41, 5.74) is 10.9. The molecule has 0 spiro atoms. The van der Waals surface area contributed by atoms with Crippen LogP contribution in [0.2, 0.25) is 0 Å². The number of nitrogens with zero attached hydrogens (tertiary/aromatic N) is 2. The lowest BCUT2D eigenvalue weighted by atomic mass is 9.85. The number of para-hydroxylation sites is 2. The lowest BCUT2D eigenvalue weighted by Crippen LogP contribution is -1.97. The number of fused-ring (bicyclic) bond motifs is 8. The highest BCUT2D eigenvalue weighted by Crippen LogP contribution is 2.45. The Morgan fingerprint density at radius 2 is 1.00 bits per heavy atom. The molecule has 2 heterocycles. The topological polar surface area (TPSA) is 31.0 Å². The second kappa shape index (κ2) is 11.3. The van der Waals surface area contributed by atoms with Gasteiger partial charge in [-0.15, -0.1) is 0 Å². The summed E-state index contributed by atoms with van der Waals surface area (Å²) >= 11 is 0. The predicted molar refractivity (Wildman–Crippen MR) is 217 cm³/mol. The van der Waals surface area contributed by atoms with Gasteiger partial charge in [-0.05, 0) is 91.6 Å². The van der Waals surface area contributed by atoms with E-state index in [4.69, 9.17) is 9.40 Å². The molecule has 0 radical (unpaired) electrons. The Morgan fingerprint density at radius 3 is 1.73 bits per heavy atom. The van der Waals surface area contributed by atoms with Crippen molar-refractivity contribution in [1.82, 2.24) is 9.55 Å². The van der Waals surface area contributed by atoms with Gasteiger partial charge in [-0.1, -0.05) is 140 Å². The monoisotopic (exact) mass is 662 g/mol. The van der Waals surface area contributed by atoms with Crippen molar-refractivity contribution in [3.05, 3.63) is 182 Å². The van der Waals surface area contributed by atoms with E-state index in [0.29, 0.717) is 0 Å². The van der Waals surface area contributed by atoms with E-state index in [-0.39, 0.29) is 0 Å². The largest absolute Gasteiger partial charge is 0.455 e. The first-order valence-corrected chi connectivity index (χ1v) is 17.7. The Kier molecular flexibility index (Phi) is 6.25. The van der Waals surface area contributed by atoms with E-state index in [1.165, 1.54) is 49.2 Å². The number of aromatic nitrogens is 2. The van der Waals surface area contributed by atoms with Gasteiger partial charge in [0.1, 0.15) is 17.0 Å². The van der Waals surface area contributed by atoms with Crippen LogP contribution in [0.25, 0.3) is 105 Å². The van der Waals surface area contributed by atoms with E-state index in [9.17, 15) is 0 Å². The molecule has 2 aromatic heterocycles. The van der Waals surface area contributed by atoms with E-state index < -0.39 is 0 Å². The molecule has 0 atom stereocenters. The first-order valence-electron chi connectivity index (χ1n) is 17.7. The summed E-state index contributed by atoms with van der Waals surface area (Å²) in [5, 5.41) is 9.51. The van der Waals surface area contributed by atoms with Crippen LogP contribution in [0, 0.1) is 0 Å². The Balaban J connectivity index is 1.11. The molecular weight excluding hydrogens is 633 g/mol. The smallest absolute Gasteiger partial charge is 0.145 e. The molecule has 0 fully saturated rings. The number of imidazole rings is 1. The van der Waals surface area contributed by atoms with Crippen LogP contribution in [-0.2, 0) is 0 Å². The number of rotatable bonds is 4. The quantitative estimate of drug-likeness (QED) is 0.176. The molecule has 0 amide bonds. The van der Waals surface area contributed by atoms with Crippen LogP contribution in [0.15, 0.2) is 186 Å². The number of furan rings is 1. The third kappa shape index (κ3) is 4.30. The zero-order chi connectivity index (χ0) is 34.2. The molecule has 0 unspecified atom stereocenters. The molecule has 52 heavy (non-hydrogen) atoms. The third-order valence-electron chi connectivity index (χ3n) is 10.6. The number of hydrogen-bond donors (Lipinski definition) is 0. The maximum Gasteiger partial charge on any atom is 0.145 e. The maximum absolute atomic E-state index is 6.50. The fourth-order valence-electron chi connectivity index (χ4n) is 8.26. The molecule has 11 aromatic rings. The minimum Gasteiger partial charge on any atom is -0.455 e. The van der Waals surface area contributed by atoms with Gasteiger partial charge in [0.05, 0.1) is 11.0 Å². The van der Waals surface area contributed by atoms with Crippen LogP contribution in [0.4, 0.5) is 0 Å². The van der Waals surface area contributed by atoms with Crippen molar-refractivity contribution in [2.24, 2.45) is 0 Å². The zero-order valence-electron chi connectivity index (χ0n) is 28.1. The van der Waals surface area contributed by atoms with Crippen molar-refractivity contribution in [3.8, 4) is 39.3 Å². The van der Waals surface area contributed by atoms with Crippen molar-refractivity contribution in [2.75, 3.05) is 0 Å². The molecule has 0 saturated carbocycles. The van der Waals surface area contributed by atoms with E-state index in [2.05, 4.69) is 180 Å². The molecule has 242 valence electrons. The minimum atomic E-state index is 0.904. The van der Waals surface area contributed by atoms with Gasteiger partial charge in [-0.2, -0.15) is 0 Å². The number of benzene rings is 9. The second-order valence-corrected chi connectivity index (χ2v) is 13.5. The van der Waals surface area contributed by atoms with E-state index in [1.807, 2.05) is 6.07 Å². The SMILES string of the molecule is c1ccc(-c2nc3ccccc3n2-c2ccc(-c3c4ccccc4c(-c4ccc5oc6c7ccccc7ccc6c5c4)c4ccccc34)cc2)cc1. The number of hydrogen-bond acceptors (Lipinski definition) is 2. The van der Waals surface area contributed by atoms with Crippen molar-refractivity contribution in [2.45, 2.75) is 0 Å². The standard InChI is InChI=1S/C49H30N2O/c1-2-13-33(14-3-1)49-50-43-20-10-11-21-44(43)51(49)35-26-22-32(23-27-35)46-37-16-6-8-18-39(37)47(40-19-9-7-17-38(40)46)34-25-29-45-42(30-34)41-28-24-31-12-4-5-15-36(31)48(41)52-45/h1-30H. The summed E-state index contributed by atoms with van der Waals surface area (Å²) < 4.78 is 8.77. The van der Waals surface area contributed by atoms with Crippen LogP contribution in [0.1, 0.15) is 0 Å². The van der Waals surface area contributed by atoms with Gasteiger partial charge < -0.3 is 4.42 Å². The molecule has 3 heteroatoms. The third-order valence-corrected chi connectivity index (χ3v) is 10.6. The summed E-state index contributed by atoms with van der Waals surface area (Å²) in [7, 11) is 0. The first-order chi connectivity index (χ1) is 25.8. The zero-order valence-corrected chi connectivity index (χ0v) is 28.1. The Labute approximate surface area is 299 Å². The normalized spacial score (nSPS) is 11.8. The van der Waals surface area contributed by atoms with Crippen LogP contribution >= 0.6 is 0 Å². The second-order valence-electron chi connectivity index (χ2n) is 13.5. The van der Waals surface area contributed by atoms with Gasteiger partial charge in [0.25, 0.3) is 0 Å². The molecule has 0 aliphatic heterocycles. The highest BCUT2D eigenvalue weighted by atomic mass is 16.3. The highest BCUT2D eigenvalue weighted by molar-refractivity contribution is 6.22. The molecule has 0 saturated heterocycles. The molecular formula is C49H30N2O. The van der Waals surface area contributed by atoms with Gasteiger partial charge in [-0.3, -0.25) is 4.57 Å². The average molecular weight is 663 g/mol. The lowest BCUT2D eigenvalue weighted by molar-refractivity contribution is 0.672. The van der Waals surface area contributed by atoms with Crippen LogP contribution in [-0.4, -0.2) is 9.55 Å². The van der Waals surface area contributed by atoms with Crippen molar-refractivity contribution in [3.63, 3.8) is 0 Å². The fraction of sp³-hybridized carbons (Fsp3) is 0. The molecule has 11 rings (SSSR count). The molecule has 0 aliphatic rings.